The van der Waals surface area contributed by atoms with E-state index >= 15 is 0 Å². The molecular formula is C20H30N4O4. The molecular weight excluding hydrogens is 360 g/mol. The average Bonchev–Trinajstić information content (AvgIpc) is 2.64. The first-order valence-corrected chi connectivity index (χ1v) is 8.93. The molecule has 2 rings (SSSR count). The molecule has 0 saturated carbocycles. The molecule has 0 aliphatic carbocycles. The van der Waals surface area contributed by atoms with Crippen molar-refractivity contribution in [2.24, 2.45) is 0 Å². The highest BCUT2D eigenvalue weighted by Crippen LogP contribution is 2.17. The van der Waals surface area contributed by atoms with Crippen molar-refractivity contribution in [1.82, 2.24) is 9.80 Å². The predicted molar refractivity (Wildman–Crippen MR) is 112 cm³/mol. The fraction of sp³-hybridized carbons (Fsp3) is 0.400. The Kier molecular flexibility index (Phi) is 10.4. The van der Waals surface area contributed by atoms with Gasteiger partial charge in [-0.1, -0.05) is 0 Å². The molecule has 2 aromatic rings. The first kappa shape index (κ1) is 23.2. The number of hydrogen-bond acceptors (Lipinski definition) is 7. The number of nitro groups is 1. The van der Waals surface area contributed by atoms with Crippen molar-refractivity contribution in [3.63, 3.8) is 0 Å². The van der Waals surface area contributed by atoms with Crippen LogP contribution in [0.25, 0.3) is 0 Å². The summed E-state index contributed by atoms with van der Waals surface area (Å²) in [6.07, 6.45) is 0. The molecule has 0 bridgehead atoms. The summed E-state index contributed by atoms with van der Waals surface area (Å²) in [7, 11) is 7.96. The predicted octanol–water partition coefficient (Wildman–Crippen LogP) is 2.74. The minimum absolute atomic E-state index is 0.0787. The Balaban J connectivity index is 0.000000283. The average molecular weight is 390 g/mol. The van der Waals surface area contributed by atoms with Gasteiger partial charge >= 0.3 is 0 Å². The van der Waals surface area contributed by atoms with E-state index < -0.39 is 4.92 Å². The summed E-state index contributed by atoms with van der Waals surface area (Å²) in [5.41, 5.74) is 6.38. The molecule has 0 saturated heterocycles. The number of nitrogens with two attached hydrogens (primary N) is 1. The fourth-order valence-corrected chi connectivity index (χ4v) is 1.92. The van der Waals surface area contributed by atoms with Gasteiger partial charge in [0.2, 0.25) is 0 Å². The second-order valence-corrected chi connectivity index (χ2v) is 6.62. The molecule has 0 aromatic heterocycles. The highest BCUT2D eigenvalue weighted by Gasteiger charge is 2.04. The molecule has 0 amide bonds. The molecule has 8 heteroatoms. The van der Waals surface area contributed by atoms with Crippen molar-refractivity contribution in [2.75, 3.05) is 60.2 Å². The lowest BCUT2D eigenvalue weighted by Crippen LogP contribution is -2.19. The number of nitrogens with zero attached hydrogens (tertiary/aromatic N) is 3. The van der Waals surface area contributed by atoms with Gasteiger partial charge in [0.25, 0.3) is 5.69 Å². The minimum atomic E-state index is -0.427. The number of anilines is 1. The van der Waals surface area contributed by atoms with E-state index in [1.807, 2.05) is 57.4 Å². The third-order valence-electron chi connectivity index (χ3n) is 3.54. The second-order valence-electron chi connectivity index (χ2n) is 6.62. The molecule has 0 aliphatic rings. The Morgan fingerprint density at radius 2 is 1.21 bits per heavy atom. The highest BCUT2D eigenvalue weighted by molar-refractivity contribution is 5.41. The normalized spacial score (nSPS) is 10.4. The van der Waals surface area contributed by atoms with Crippen LogP contribution in [0.1, 0.15) is 0 Å². The van der Waals surface area contributed by atoms with Crippen LogP contribution in [0.3, 0.4) is 0 Å². The molecule has 0 unspecified atom stereocenters. The minimum Gasteiger partial charge on any atom is -0.492 e. The van der Waals surface area contributed by atoms with E-state index in [0.717, 1.165) is 24.5 Å². The Morgan fingerprint density at radius 3 is 1.57 bits per heavy atom. The van der Waals surface area contributed by atoms with Crippen LogP contribution in [0, 0.1) is 10.1 Å². The lowest BCUT2D eigenvalue weighted by Gasteiger charge is -2.10. The van der Waals surface area contributed by atoms with Crippen molar-refractivity contribution in [3.05, 3.63) is 58.6 Å². The van der Waals surface area contributed by atoms with E-state index in [2.05, 4.69) is 4.90 Å². The van der Waals surface area contributed by atoms with E-state index in [0.29, 0.717) is 19.0 Å². The van der Waals surface area contributed by atoms with Crippen LogP contribution < -0.4 is 15.2 Å². The van der Waals surface area contributed by atoms with E-state index in [-0.39, 0.29) is 5.69 Å². The topological polar surface area (TPSA) is 94.1 Å². The molecule has 2 aromatic carbocycles. The summed E-state index contributed by atoms with van der Waals surface area (Å²) in [5.74, 6) is 1.53. The zero-order valence-electron chi connectivity index (χ0n) is 17.0. The lowest BCUT2D eigenvalue weighted by atomic mass is 10.3. The summed E-state index contributed by atoms with van der Waals surface area (Å²) < 4.78 is 10.9. The monoisotopic (exact) mass is 390 g/mol. The van der Waals surface area contributed by atoms with Gasteiger partial charge in [-0.25, -0.2) is 0 Å². The number of nitrogen functional groups attached to an aromatic ring is 1. The first-order valence-electron chi connectivity index (χ1n) is 8.93. The standard InChI is InChI=1S/C10H14N2O3.C10H16N2O/c1-11(2)7-8-15-10-5-3-9(4-6-10)12(13)14;1-12(2)7-8-13-10-5-3-9(11)4-6-10/h3-6H,7-8H2,1-2H3;3-6H,7-8,11H2,1-2H3. The van der Waals surface area contributed by atoms with Crippen LogP contribution >= 0.6 is 0 Å². The van der Waals surface area contributed by atoms with Gasteiger partial charge in [0.05, 0.1) is 4.92 Å². The van der Waals surface area contributed by atoms with E-state index in [1.165, 1.54) is 12.1 Å². The third-order valence-corrected chi connectivity index (χ3v) is 3.54. The van der Waals surface area contributed by atoms with E-state index in [1.54, 1.807) is 12.1 Å². The van der Waals surface area contributed by atoms with Crippen molar-refractivity contribution >= 4 is 11.4 Å². The fourth-order valence-electron chi connectivity index (χ4n) is 1.92. The molecule has 154 valence electrons. The summed E-state index contributed by atoms with van der Waals surface area (Å²) in [4.78, 5) is 14.0. The molecule has 0 fully saturated rings. The van der Waals surface area contributed by atoms with Crippen LogP contribution in [0.5, 0.6) is 11.5 Å². The number of likely N-dealkylation sites (N-methyl/N-ethyl adjacent to an activating group) is 2. The van der Waals surface area contributed by atoms with Crippen LogP contribution in [0.2, 0.25) is 0 Å². The molecule has 0 atom stereocenters. The summed E-state index contributed by atoms with van der Waals surface area (Å²) in [6, 6.07) is 13.5. The summed E-state index contributed by atoms with van der Waals surface area (Å²) >= 11 is 0. The Labute approximate surface area is 166 Å². The van der Waals surface area contributed by atoms with Crippen LogP contribution in [0.4, 0.5) is 11.4 Å². The zero-order valence-corrected chi connectivity index (χ0v) is 17.0. The van der Waals surface area contributed by atoms with Crippen molar-refractivity contribution in [1.29, 1.82) is 0 Å². The van der Waals surface area contributed by atoms with Gasteiger partial charge in [-0.15, -0.1) is 0 Å². The van der Waals surface area contributed by atoms with Gasteiger partial charge in [-0.05, 0) is 64.6 Å². The Hall–Kier alpha value is -2.84. The number of benzene rings is 2. The molecule has 0 heterocycles. The summed E-state index contributed by atoms with van der Waals surface area (Å²) in [6.45, 7) is 3.02. The van der Waals surface area contributed by atoms with Gasteiger partial charge < -0.3 is 25.0 Å². The van der Waals surface area contributed by atoms with Crippen LogP contribution in [0.15, 0.2) is 48.5 Å². The van der Waals surface area contributed by atoms with Crippen LogP contribution in [-0.2, 0) is 0 Å². The number of ether oxygens (including phenoxy) is 2. The van der Waals surface area contributed by atoms with Crippen LogP contribution in [-0.4, -0.2) is 69.2 Å². The maximum Gasteiger partial charge on any atom is 0.269 e. The molecule has 0 aliphatic heterocycles. The molecule has 0 radical (unpaired) electrons. The maximum atomic E-state index is 10.4. The van der Waals surface area contributed by atoms with E-state index in [4.69, 9.17) is 15.2 Å². The number of hydrogen-bond donors (Lipinski definition) is 1. The lowest BCUT2D eigenvalue weighted by molar-refractivity contribution is -0.384. The number of non-ortho nitro benzene ring substituents is 1. The Bertz CT molecular complexity index is 688. The van der Waals surface area contributed by atoms with Gasteiger partial charge in [0.1, 0.15) is 24.7 Å². The highest BCUT2D eigenvalue weighted by atomic mass is 16.6. The quantitative estimate of drug-likeness (QED) is 0.400. The van der Waals surface area contributed by atoms with Crippen molar-refractivity contribution in [2.45, 2.75) is 0 Å². The van der Waals surface area contributed by atoms with Gasteiger partial charge in [0, 0.05) is 30.9 Å². The second kappa shape index (κ2) is 12.5. The first-order chi connectivity index (χ1) is 13.3. The van der Waals surface area contributed by atoms with E-state index in [9.17, 15) is 10.1 Å². The smallest absolute Gasteiger partial charge is 0.269 e. The molecule has 8 nitrogen and oxygen atoms in total. The Morgan fingerprint density at radius 1 is 0.821 bits per heavy atom. The van der Waals surface area contributed by atoms with Gasteiger partial charge in [-0.3, -0.25) is 10.1 Å². The van der Waals surface area contributed by atoms with Gasteiger partial charge in [-0.2, -0.15) is 0 Å². The molecule has 0 spiro atoms. The molecule has 2 N–H and O–H groups in total. The zero-order chi connectivity index (χ0) is 20.9. The number of nitro benzene ring substituents is 1. The van der Waals surface area contributed by atoms with Crippen molar-refractivity contribution < 1.29 is 14.4 Å². The maximum absolute atomic E-state index is 10.4. The molecule has 28 heavy (non-hydrogen) atoms. The third kappa shape index (κ3) is 10.3. The van der Waals surface area contributed by atoms with Crippen molar-refractivity contribution in [3.8, 4) is 11.5 Å². The largest absolute Gasteiger partial charge is 0.492 e. The SMILES string of the molecule is CN(C)CCOc1ccc(N)cc1.CN(C)CCOc1ccc([N+](=O)[O-])cc1. The summed E-state index contributed by atoms with van der Waals surface area (Å²) in [5, 5.41) is 10.4. The number of rotatable bonds is 9. The van der Waals surface area contributed by atoms with Gasteiger partial charge in [0.15, 0.2) is 0 Å².